The van der Waals surface area contributed by atoms with Crippen LogP contribution in [0.15, 0.2) is 47.4 Å². The van der Waals surface area contributed by atoms with Crippen LogP contribution < -0.4 is 16.5 Å². The number of nitrogens with one attached hydrogen (secondary N) is 1. The van der Waals surface area contributed by atoms with Crippen molar-refractivity contribution < 1.29 is 32.2 Å². The van der Waals surface area contributed by atoms with Gasteiger partial charge < -0.3 is 15.6 Å². The van der Waals surface area contributed by atoms with Crippen LogP contribution in [0, 0.1) is 0 Å². The molecule has 4 atom stereocenters. The van der Waals surface area contributed by atoms with E-state index in [-0.39, 0.29) is 23.7 Å². The average Bonchev–Trinajstić information content (AvgIpc) is 3.05. The maximum Gasteiger partial charge on any atom is 0.405 e. The number of nitrogen functional groups attached to an aromatic ring is 1. The molecule has 1 aromatic heterocycles. The number of aromatic nitrogens is 2. The van der Waals surface area contributed by atoms with Crippen molar-refractivity contribution in [1.82, 2.24) is 14.6 Å². The van der Waals surface area contributed by atoms with E-state index in [9.17, 15) is 23.2 Å². The fourth-order valence-corrected chi connectivity index (χ4v) is 6.74. The second-order valence-corrected chi connectivity index (χ2v) is 14.2. The number of alkyl halides is 2. The highest BCUT2D eigenvalue weighted by Crippen LogP contribution is 2.48. The Bertz CT molecular complexity index is 1140. The maximum atomic E-state index is 14.8. The summed E-state index contributed by atoms with van der Waals surface area (Å²) in [6.45, 7) is 5.68. The van der Waals surface area contributed by atoms with E-state index < -0.39 is 44.4 Å². The lowest BCUT2D eigenvalue weighted by atomic mass is 10.1. The van der Waals surface area contributed by atoms with Crippen molar-refractivity contribution in [2.24, 2.45) is 0 Å². The minimum Gasteiger partial charge on any atom is -0.384 e. The average molecular weight is 581 g/mol. The summed E-state index contributed by atoms with van der Waals surface area (Å²) in [4.78, 5) is 15.5. The SMILES string of the molecule is CC(C)(C)SSCCOP(=O)(NCc1ccccc1)OC[C@H]1O[C@@H](n2ccc(N)nc2=O)C(F)(F)[C@@H]1O. The van der Waals surface area contributed by atoms with Gasteiger partial charge in [0.15, 0.2) is 6.10 Å². The summed E-state index contributed by atoms with van der Waals surface area (Å²) in [5, 5.41) is 13.0. The van der Waals surface area contributed by atoms with Crippen LogP contribution in [0.25, 0.3) is 0 Å². The predicted molar refractivity (Wildman–Crippen MR) is 140 cm³/mol. The number of aliphatic hydroxyl groups is 1. The Morgan fingerprint density at radius 3 is 2.62 bits per heavy atom. The zero-order valence-corrected chi connectivity index (χ0v) is 23.1. The molecule has 37 heavy (non-hydrogen) atoms. The summed E-state index contributed by atoms with van der Waals surface area (Å²) in [5.41, 5.74) is 5.15. The summed E-state index contributed by atoms with van der Waals surface area (Å²) in [6.07, 6.45) is -5.10. The Labute approximate surface area is 221 Å². The first-order chi connectivity index (χ1) is 17.3. The molecule has 1 unspecified atom stereocenters. The molecule has 1 fully saturated rings. The van der Waals surface area contributed by atoms with Gasteiger partial charge in [0.05, 0.1) is 13.2 Å². The van der Waals surface area contributed by atoms with Gasteiger partial charge in [-0.3, -0.25) is 13.6 Å². The Balaban J connectivity index is 1.67. The van der Waals surface area contributed by atoms with Crippen LogP contribution in [0.4, 0.5) is 14.6 Å². The van der Waals surface area contributed by atoms with Gasteiger partial charge in [0.25, 0.3) is 0 Å². The standard InChI is InChI=1S/C22H31F2N4O6PS2/c1-21(2,3)37-36-12-11-32-35(31,26-13-15-7-5-4-6-8-15)33-14-16-18(29)22(23,24)19(34-16)28-10-9-17(25)27-20(28)30/h4-10,16,18-19,29H,11-14H2,1-3H3,(H,26,31)(H2,25,27,30)/t16-,18-,19-,35?/m1/s1. The van der Waals surface area contributed by atoms with Crippen LogP contribution in [0.1, 0.15) is 32.6 Å². The van der Waals surface area contributed by atoms with Crippen molar-refractivity contribution in [3.05, 3.63) is 58.6 Å². The van der Waals surface area contributed by atoms with Gasteiger partial charge in [0.1, 0.15) is 11.9 Å². The molecule has 2 aromatic rings. The zero-order chi connectivity index (χ0) is 27.3. The number of nitrogens with two attached hydrogens (primary N) is 1. The molecule has 2 heterocycles. The fourth-order valence-electron chi connectivity index (χ4n) is 3.20. The minimum absolute atomic E-state index is 0.0239. The van der Waals surface area contributed by atoms with E-state index >= 15 is 0 Å². The molecule has 206 valence electrons. The van der Waals surface area contributed by atoms with Gasteiger partial charge in [-0.25, -0.2) is 14.4 Å². The normalized spacial score (nSPS) is 23.1. The Kier molecular flexibility index (Phi) is 10.2. The number of halogens is 2. The molecular formula is C22H31F2N4O6PS2. The molecule has 0 bridgehead atoms. The summed E-state index contributed by atoms with van der Waals surface area (Å²) in [6, 6.07) is 10.2. The number of ether oxygens (including phenoxy) is 1. The molecule has 0 aliphatic carbocycles. The highest BCUT2D eigenvalue weighted by Gasteiger charge is 2.60. The number of anilines is 1. The van der Waals surface area contributed by atoms with Crippen LogP contribution in [-0.2, 0) is 24.9 Å². The van der Waals surface area contributed by atoms with Gasteiger partial charge in [-0.05, 0) is 11.6 Å². The van der Waals surface area contributed by atoms with Gasteiger partial charge in [-0.2, -0.15) is 13.8 Å². The van der Waals surface area contributed by atoms with Gasteiger partial charge >= 0.3 is 19.4 Å². The van der Waals surface area contributed by atoms with E-state index in [2.05, 4.69) is 30.8 Å². The maximum absolute atomic E-state index is 14.8. The summed E-state index contributed by atoms with van der Waals surface area (Å²) in [5.74, 6) is -3.51. The third-order valence-corrected chi connectivity index (χ3v) is 9.81. The lowest BCUT2D eigenvalue weighted by molar-refractivity contribution is -0.140. The number of rotatable bonds is 12. The van der Waals surface area contributed by atoms with Crippen molar-refractivity contribution in [3.8, 4) is 0 Å². The van der Waals surface area contributed by atoms with Gasteiger partial charge in [-0.15, -0.1) is 0 Å². The van der Waals surface area contributed by atoms with E-state index in [1.54, 1.807) is 22.9 Å². The molecule has 1 saturated heterocycles. The Hall–Kier alpha value is -1.51. The summed E-state index contributed by atoms with van der Waals surface area (Å²) < 4.78 is 59.9. The molecule has 15 heteroatoms. The van der Waals surface area contributed by atoms with Crippen LogP contribution in [0.2, 0.25) is 0 Å². The molecule has 10 nitrogen and oxygen atoms in total. The summed E-state index contributed by atoms with van der Waals surface area (Å²) in [7, 11) is -0.828. The first kappa shape index (κ1) is 30.0. The zero-order valence-electron chi connectivity index (χ0n) is 20.6. The molecule has 1 aromatic carbocycles. The van der Waals surface area contributed by atoms with Gasteiger partial charge in [0.2, 0.25) is 6.23 Å². The van der Waals surface area contributed by atoms with E-state index in [4.69, 9.17) is 19.5 Å². The quantitative estimate of drug-likeness (QED) is 0.192. The van der Waals surface area contributed by atoms with E-state index in [0.717, 1.165) is 17.8 Å². The van der Waals surface area contributed by atoms with Crippen molar-refractivity contribution in [2.75, 3.05) is 24.7 Å². The predicted octanol–water partition coefficient (Wildman–Crippen LogP) is 3.83. The number of benzene rings is 1. The van der Waals surface area contributed by atoms with Crippen molar-refractivity contribution in [2.45, 2.75) is 56.4 Å². The fraction of sp³-hybridized carbons (Fsp3) is 0.545. The minimum atomic E-state index is -4.00. The van der Waals surface area contributed by atoms with E-state index in [0.29, 0.717) is 10.3 Å². The second kappa shape index (κ2) is 12.6. The van der Waals surface area contributed by atoms with Gasteiger partial charge in [0, 0.05) is 23.2 Å². The first-order valence-corrected chi connectivity index (χ1v) is 15.2. The molecule has 0 saturated carbocycles. The first-order valence-electron chi connectivity index (χ1n) is 11.4. The molecule has 4 N–H and O–H groups in total. The highest BCUT2D eigenvalue weighted by atomic mass is 33.1. The van der Waals surface area contributed by atoms with Crippen LogP contribution in [0.3, 0.4) is 0 Å². The van der Waals surface area contributed by atoms with Crippen molar-refractivity contribution >= 4 is 35.2 Å². The molecule has 0 radical (unpaired) electrons. The highest BCUT2D eigenvalue weighted by molar-refractivity contribution is 8.77. The topological polar surface area (TPSA) is 138 Å². The van der Waals surface area contributed by atoms with Crippen LogP contribution in [-0.4, -0.2) is 56.5 Å². The third kappa shape index (κ3) is 8.49. The number of hydrogen-bond donors (Lipinski definition) is 3. The smallest absolute Gasteiger partial charge is 0.384 e. The number of aliphatic hydroxyl groups excluding tert-OH is 1. The van der Waals surface area contributed by atoms with Crippen LogP contribution in [0.5, 0.6) is 0 Å². The monoisotopic (exact) mass is 580 g/mol. The number of nitrogens with zero attached hydrogens (tertiary/aromatic N) is 2. The van der Waals surface area contributed by atoms with Gasteiger partial charge in [-0.1, -0.05) is 72.7 Å². The molecular weight excluding hydrogens is 549 g/mol. The number of hydrogen-bond acceptors (Lipinski definition) is 10. The Morgan fingerprint density at radius 2 is 1.97 bits per heavy atom. The van der Waals surface area contributed by atoms with Crippen LogP contribution >= 0.6 is 29.3 Å². The molecule has 1 aliphatic heterocycles. The molecule has 0 spiro atoms. The lowest BCUT2D eigenvalue weighted by Crippen LogP contribution is -2.42. The van der Waals surface area contributed by atoms with Crippen molar-refractivity contribution in [3.63, 3.8) is 0 Å². The largest absolute Gasteiger partial charge is 0.405 e. The van der Waals surface area contributed by atoms with E-state index in [1.165, 1.54) is 10.8 Å². The molecule has 3 rings (SSSR count). The Morgan fingerprint density at radius 1 is 1.27 bits per heavy atom. The summed E-state index contributed by atoms with van der Waals surface area (Å²) >= 11 is 0. The second-order valence-electron chi connectivity index (χ2n) is 9.15. The van der Waals surface area contributed by atoms with Crippen molar-refractivity contribution in [1.29, 1.82) is 0 Å². The third-order valence-electron chi connectivity index (χ3n) is 4.95. The molecule has 0 amide bonds. The molecule has 1 aliphatic rings. The van der Waals surface area contributed by atoms with E-state index in [1.807, 2.05) is 18.2 Å². The lowest BCUT2D eigenvalue weighted by Gasteiger charge is -2.22.